The predicted octanol–water partition coefficient (Wildman–Crippen LogP) is 3.24. The van der Waals surface area contributed by atoms with Crippen molar-refractivity contribution in [2.75, 3.05) is 18.2 Å². The summed E-state index contributed by atoms with van der Waals surface area (Å²) in [5, 5.41) is 2.74. The van der Waals surface area contributed by atoms with Crippen molar-refractivity contribution in [1.82, 2.24) is 0 Å². The van der Waals surface area contributed by atoms with Crippen molar-refractivity contribution < 1.29 is 14.3 Å². The van der Waals surface area contributed by atoms with Crippen LogP contribution >= 0.6 is 11.8 Å². The van der Waals surface area contributed by atoms with Gasteiger partial charge in [-0.15, -0.1) is 11.8 Å². The Morgan fingerprint density at radius 3 is 2.57 bits per heavy atom. The first-order valence-corrected chi connectivity index (χ1v) is 7.56. The fraction of sp³-hybridized carbons (Fsp3) is 0.125. The zero-order valence-corrected chi connectivity index (χ0v) is 12.4. The van der Waals surface area contributed by atoms with Crippen LogP contribution in [0.3, 0.4) is 0 Å². The molecule has 0 saturated heterocycles. The van der Waals surface area contributed by atoms with Gasteiger partial charge in [0.25, 0.3) is 5.91 Å². The molecule has 2 aromatic rings. The normalized spacial score (nSPS) is 9.95. The van der Waals surface area contributed by atoms with E-state index in [1.165, 1.54) is 0 Å². The first-order chi connectivity index (χ1) is 10.2. The summed E-state index contributed by atoms with van der Waals surface area (Å²) in [5.74, 6) is 0.132. The summed E-state index contributed by atoms with van der Waals surface area (Å²) in [4.78, 5) is 23.8. The molecular weight excluding hydrogens is 286 g/mol. The van der Waals surface area contributed by atoms with E-state index in [9.17, 15) is 9.59 Å². The summed E-state index contributed by atoms with van der Waals surface area (Å²) in [6, 6.07) is 14.3. The fourth-order valence-corrected chi connectivity index (χ4v) is 2.13. The van der Waals surface area contributed by atoms with E-state index in [2.05, 4.69) is 5.32 Å². The predicted molar refractivity (Wildman–Crippen MR) is 84.2 cm³/mol. The zero-order chi connectivity index (χ0) is 15.1. The molecule has 0 spiro atoms. The minimum Gasteiger partial charge on any atom is -0.483 e. The van der Waals surface area contributed by atoms with E-state index in [0.717, 1.165) is 4.90 Å². The first-order valence-electron chi connectivity index (χ1n) is 6.34. The number of nitrogens with one attached hydrogen (secondary N) is 1. The summed E-state index contributed by atoms with van der Waals surface area (Å²) in [7, 11) is 0. The second kappa shape index (κ2) is 7.50. The van der Waals surface area contributed by atoms with Gasteiger partial charge in [0.2, 0.25) is 0 Å². The summed E-state index contributed by atoms with van der Waals surface area (Å²) in [6.45, 7) is -0.144. The Labute approximate surface area is 127 Å². The number of carbonyl (C=O) groups excluding carboxylic acids is 2. The van der Waals surface area contributed by atoms with E-state index in [0.29, 0.717) is 23.3 Å². The summed E-state index contributed by atoms with van der Waals surface area (Å²) in [5.41, 5.74) is 1.14. The molecule has 2 rings (SSSR count). The van der Waals surface area contributed by atoms with Crippen LogP contribution in [0.5, 0.6) is 5.75 Å². The van der Waals surface area contributed by atoms with Gasteiger partial charge in [-0.3, -0.25) is 9.59 Å². The van der Waals surface area contributed by atoms with Gasteiger partial charge in [0.15, 0.2) is 12.9 Å². The Kier molecular flexibility index (Phi) is 5.40. The summed E-state index contributed by atoms with van der Waals surface area (Å²) in [6.07, 6.45) is 2.69. The van der Waals surface area contributed by atoms with Crippen LogP contribution in [-0.4, -0.2) is 25.1 Å². The fourth-order valence-electron chi connectivity index (χ4n) is 1.72. The van der Waals surface area contributed by atoms with Gasteiger partial charge in [0.05, 0.1) is 5.56 Å². The number of hydrogen-bond donors (Lipinski definition) is 1. The summed E-state index contributed by atoms with van der Waals surface area (Å²) >= 11 is 1.64. The van der Waals surface area contributed by atoms with Gasteiger partial charge >= 0.3 is 0 Å². The third kappa shape index (κ3) is 4.36. The first kappa shape index (κ1) is 15.1. The molecule has 0 radical (unpaired) electrons. The second-order valence-electron chi connectivity index (χ2n) is 4.22. The van der Waals surface area contributed by atoms with Gasteiger partial charge in [-0.25, -0.2) is 0 Å². The Morgan fingerprint density at radius 2 is 1.90 bits per heavy atom. The number of rotatable bonds is 6. The molecule has 4 nitrogen and oxygen atoms in total. The molecule has 1 amide bonds. The smallest absolute Gasteiger partial charge is 0.262 e. The number of amides is 1. The lowest BCUT2D eigenvalue weighted by Gasteiger charge is -2.09. The maximum Gasteiger partial charge on any atom is 0.262 e. The highest BCUT2D eigenvalue weighted by Crippen LogP contribution is 2.18. The minimum absolute atomic E-state index is 0.144. The summed E-state index contributed by atoms with van der Waals surface area (Å²) < 4.78 is 5.36. The molecule has 0 aromatic heterocycles. The lowest BCUT2D eigenvalue weighted by molar-refractivity contribution is -0.118. The highest BCUT2D eigenvalue weighted by Gasteiger charge is 2.06. The van der Waals surface area contributed by atoms with E-state index in [1.54, 1.807) is 36.0 Å². The average Bonchev–Trinajstić information content (AvgIpc) is 2.54. The van der Waals surface area contributed by atoms with Crippen molar-refractivity contribution in [3.8, 4) is 5.75 Å². The second-order valence-corrected chi connectivity index (χ2v) is 5.10. The van der Waals surface area contributed by atoms with Crippen LogP contribution in [0.4, 0.5) is 5.69 Å². The zero-order valence-electron chi connectivity index (χ0n) is 11.5. The molecule has 1 N–H and O–H groups in total. The molecule has 21 heavy (non-hydrogen) atoms. The quantitative estimate of drug-likeness (QED) is 0.657. The van der Waals surface area contributed by atoms with Crippen molar-refractivity contribution in [2.24, 2.45) is 0 Å². The largest absolute Gasteiger partial charge is 0.483 e. The van der Waals surface area contributed by atoms with Crippen LogP contribution in [0.1, 0.15) is 10.4 Å². The van der Waals surface area contributed by atoms with Gasteiger partial charge in [-0.2, -0.15) is 0 Å². The lowest BCUT2D eigenvalue weighted by atomic mass is 10.2. The van der Waals surface area contributed by atoms with Gasteiger partial charge < -0.3 is 10.1 Å². The maximum absolute atomic E-state index is 11.8. The highest BCUT2D eigenvalue weighted by molar-refractivity contribution is 7.98. The molecule has 0 aliphatic heterocycles. The Hall–Kier alpha value is -2.27. The third-order valence-electron chi connectivity index (χ3n) is 2.78. The Bertz CT molecular complexity index is 626. The molecule has 0 unspecified atom stereocenters. The van der Waals surface area contributed by atoms with Crippen LogP contribution in [0.25, 0.3) is 0 Å². The van der Waals surface area contributed by atoms with Crippen molar-refractivity contribution >= 4 is 29.6 Å². The van der Waals surface area contributed by atoms with Gasteiger partial charge in [-0.1, -0.05) is 12.1 Å². The molecule has 2 aromatic carbocycles. The number of hydrogen-bond acceptors (Lipinski definition) is 4. The van der Waals surface area contributed by atoms with Crippen LogP contribution in [-0.2, 0) is 4.79 Å². The molecule has 108 valence electrons. The number of anilines is 1. The molecule has 0 atom stereocenters. The van der Waals surface area contributed by atoms with Gasteiger partial charge in [-0.05, 0) is 42.7 Å². The monoisotopic (exact) mass is 301 g/mol. The van der Waals surface area contributed by atoms with Crippen molar-refractivity contribution in [1.29, 1.82) is 0 Å². The minimum atomic E-state index is -0.271. The molecule has 0 aliphatic carbocycles. The number of thioether (sulfide) groups is 1. The lowest BCUT2D eigenvalue weighted by Crippen LogP contribution is -2.20. The molecule has 0 aliphatic rings. The molecule has 0 saturated carbocycles. The van der Waals surface area contributed by atoms with E-state index in [1.807, 2.05) is 30.5 Å². The Balaban J connectivity index is 1.91. The van der Waals surface area contributed by atoms with Crippen LogP contribution in [0.2, 0.25) is 0 Å². The molecule has 0 bridgehead atoms. The van der Waals surface area contributed by atoms with Gasteiger partial charge in [0, 0.05) is 10.6 Å². The number of benzene rings is 2. The molecular formula is C16H15NO3S. The van der Waals surface area contributed by atoms with Crippen LogP contribution < -0.4 is 10.1 Å². The number of para-hydroxylation sites is 1. The number of carbonyl (C=O) groups is 2. The standard InChI is InChI=1S/C16H15NO3S/c1-21-14-8-6-13(7-9-14)17-16(19)11-20-15-5-3-2-4-12(15)10-18/h2-10H,11H2,1H3,(H,17,19). The van der Waals surface area contributed by atoms with E-state index >= 15 is 0 Å². The van der Waals surface area contributed by atoms with E-state index in [4.69, 9.17) is 4.74 Å². The van der Waals surface area contributed by atoms with Crippen molar-refractivity contribution in [3.63, 3.8) is 0 Å². The Morgan fingerprint density at radius 1 is 1.19 bits per heavy atom. The third-order valence-corrected chi connectivity index (χ3v) is 3.52. The average molecular weight is 301 g/mol. The molecule has 5 heteroatoms. The highest BCUT2D eigenvalue weighted by atomic mass is 32.2. The van der Waals surface area contributed by atoms with Crippen molar-refractivity contribution in [2.45, 2.75) is 4.90 Å². The van der Waals surface area contributed by atoms with E-state index in [-0.39, 0.29) is 12.5 Å². The molecule has 0 heterocycles. The topological polar surface area (TPSA) is 55.4 Å². The van der Waals surface area contributed by atoms with Gasteiger partial charge in [0.1, 0.15) is 5.75 Å². The van der Waals surface area contributed by atoms with Crippen LogP contribution in [0, 0.1) is 0 Å². The molecule has 0 fully saturated rings. The SMILES string of the molecule is CSc1ccc(NC(=O)COc2ccccc2C=O)cc1. The van der Waals surface area contributed by atoms with E-state index < -0.39 is 0 Å². The number of aldehydes is 1. The van der Waals surface area contributed by atoms with Crippen LogP contribution in [0.15, 0.2) is 53.4 Å². The maximum atomic E-state index is 11.8. The number of ether oxygens (including phenoxy) is 1. The van der Waals surface area contributed by atoms with Crippen molar-refractivity contribution in [3.05, 3.63) is 54.1 Å².